The SMILES string of the molecule is CCC1c2cc(OCCc3nc(-c4ccccc4)oc3C)ccc2CCN1Cc1ccccc1. The second-order valence-electron chi connectivity index (χ2n) is 8.98. The molecule has 4 heteroatoms. The van der Waals surface area contributed by atoms with Gasteiger partial charge < -0.3 is 9.15 Å². The number of aromatic nitrogens is 1. The summed E-state index contributed by atoms with van der Waals surface area (Å²) in [6.07, 6.45) is 2.89. The number of oxazole rings is 1. The second-order valence-corrected chi connectivity index (χ2v) is 8.98. The smallest absolute Gasteiger partial charge is 0.226 e. The lowest BCUT2D eigenvalue weighted by Gasteiger charge is -2.37. The van der Waals surface area contributed by atoms with Crippen molar-refractivity contribution in [2.24, 2.45) is 0 Å². The highest BCUT2D eigenvalue weighted by Gasteiger charge is 2.26. The van der Waals surface area contributed by atoms with Gasteiger partial charge in [-0.15, -0.1) is 0 Å². The van der Waals surface area contributed by atoms with Crippen LogP contribution in [0.4, 0.5) is 0 Å². The van der Waals surface area contributed by atoms with Crippen LogP contribution in [0.2, 0.25) is 0 Å². The highest BCUT2D eigenvalue weighted by molar-refractivity contribution is 5.53. The van der Waals surface area contributed by atoms with E-state index in [1.54, 1.807) is 0 Å². The number of fused-ring (bicyclic) bond motifs is 1. The van der Waals surface area contributed by atoms with Crippen LogP contribution in [-0.4, -0.2) is 23.0 Å². The standard InChI is InChI=1S/C30H32N2O2/c1-3-29-27-20-26(15-14-24(27)16-18-32(29)21-23-10-6-4-7-11-23)33-19-17-28-22(2)34-30(31-28)25-12-8-5-9-13-25/h4-15,20,29H,3,16-19,21H2,1-2H3. The lowest BCUT2D eigenvalue weighted by atomic mass is 9.90. The predicted octanol–water partition coefficient (Wildman–Crippen LogP) is 6.78. The number of benzene rings is 3. The third kappa shape index (κ3) is 4.92. The van der Waals surface area contributed by atoms with Gasteiger partial charge in [0.25, 0.3) is 0 Å². The van der Waals surface area contributed by atoms with Crippen molar-refractivity contribution in [1.82, 2.24) is 9.88 Å². The van der Waals surface area contributed by atoms with E-state index in [4.69, 9.17) is 14.1 Å². The van der Waals surface area contributed by atoms with Crippen molar-refractivity contribution < 1.29 is 9.15 Å². The molecule has 0 aliphatic carbocycles. The summed E-state index contributed by atoms with van der Waals surface area (Å²) in [5.41, 5.74) is 6.18. The Bertz CT molecular complexity index is 1220. The van der Waals surface area contributed by atoms with Crippen molar-refractivity contribution in [3.8, 4) is 17.2 Å². The van der Waals surface area contributed by atoms with Crippen LogP contribution in [0.5, 0.6) is 5.75 Å². The highest BCUT2D eigenvalue weighted by Crippen LogP contribution is 2.35. The lowest BCUT2D eigenvalue weighted by molar-refractivity contribution is 0.171. The molecule has 0 N–H and O–H groups in total. The predicted molar refractivity (Wildman–Crippen MR) is 136 cm³/mol. The molecule has 1 aliphatic heterocycles. The maximum atomic E-state index is 6.19. The number of rotatable bonds is 8. The summed E-state index contributed by atoms with van der Waals surface area (Å²) in [6, 6.07) is 27.8. The van der Waals surface area contributed by atoms with E-state index >= 15 is 0 Å². The third-order valence-corrected chi connectivity index (χ3v) is 6.72. The van der Waals surface area contributed by atoms with Crippen LogP contribution in [0.15, 0.2) is 83.3 Å². The number of hydrogen-bond acceptors (Lipinski definition) is 4. The van der Waals surface area contributed by atoms with Crippen LogP contribution in [0, 0.1) is 6.92 Å². The molecule has 3 aromatic carbocycles. The topological polar surface area (TPSA) is 38.5 Å². The summed E-state index contributed by atoms with van der Waals surface area (Å²) in [4.78, 5) is 7.31. The third-order valence-electron chi connectivity index (χ3n) is 6.72. The minimum absolute atomic E-state index is 0.415. The Labute approximate surface area is 202 Å². The first-order valence-corrected chi connectivity index (χ1v) is 12.3. The molecule has 5 rings (SSSR count). The van der Waals surface area contributed by atoms with Gasteiger partial charge in [-0.2, -0.15) is 0 Å². The van der Waals surface area contributed by atoms with E-state index in [0.29, 0.717) is 18.5 Å². The van der Waals surface area contributed by atoms with Gasteiger partial charge in [0.1, 0.15) is 11.5 Å². The van der Waals surface area contributed by atoms with E-state index in [9.17, 15) is 0 Å². The van der Waals surface area contributed by atoms with Gasteiger partial charge >= 0.3 is 0 Å². The Morgan fingerprint density at radius 1 is 1.00 bits per heavy atom. The van der Waals surface area contributed by atoms with Gasteiger partial charge in [0, 0.05) is 31.1 Å². The van der Waals surface area contributed by atoms with Gasteiger partial charge in [-0.05, 0) is 60.7 Å². The molecule has 1 unspecified atom stereocenters. The zero-order valence-corrected chi connectivity index (χ0v) is 20.0. The van der Waals surface area contributed by atoms with Crippen LogP contribution in [0.1, 0.15) is 47.5 Å². The molecule has 34 heavy (non-hydrogen) atoms. The first kappa shape index (κ1) is 22.4. The normalized spacial score (nSPS) is 15.8. The molecule has 0 spiro atoms. The fraction of sp³-hybridized carbons (Fsp3) is 0.300. The monoisotopic (exact) mass is 452 g/mol. The van der Waals surface area contributed by atoms with Crippen molar-refractivity contribution in [1.29, 1.82) is 0 Å². The van der Waals surface area contributed by atoms with Crippen molar-refractivity contribution in [2.75, 3.05) is 13.2 Å². The van der Waals surface area contributed by atoms with E-state index in [2.05, 4.69) is 60.4 Å². The molecule has 174 valence electrons. The van der Waals surface area contributed by atoms with Crippen molar-refractivity contribution >= 4 is 0 Å². The summed E-state index contributed by atoms with van der Waals surface area (Å²) in [5.74, 6) is 2.46. The molecule has 0 radical (unpaired) electrons. The number of aryl methyl sites for hydroxylation is 1. The number of nitrogens with zero attached hydrogens (tertiary/aromatic N) is 2. The van der Waals surface area contributed by atoms with E-state index in [0.717, 1.165) is 55.1 Å². The Balaban J connectivity index is 1.25. The average molecular weight is 453 g/mol. The molecular formula is C30H32N2O2. The Hall–Kier alpha value is -3.37. The summed E-state index contributed by atoms with van der Waals surface area (Å²) in [6.45, 7) is 6.91. The molecule has 0 fully saturated rings. The fourth-order valence-corrected chi connectivity index (χ4v) is 4.93. The largest absolute Gasteiger partial charge is 0.493 e. The van der Waals surface area contributed by atoms with Crippen molar-refractivity contribution in [3.05, 3.63) is 107 Å². The number of hydrogen-bond donors (Lipinski definition) is 0. The van der Waals surface area contributed by atoms with Gasteiger partial charge in [0.05, 0.1) is 12.3 Å². The highest BCUT2D eigenvalue weighted by atomic mass is 16.5. The lowest BCUT2D eigenvalue weighted by Crippen LogP contribution is -2.34. The van der Waals surface area contributed by atoms with E-state index < -0.39 is 0 Å². The Morgan fingerprint density at radius 2 is 1.76 bits per heavy atom. The van der Waals surface area contributed by atoms with Gasteiger partial charge in [-0.3, -0.25) is 4.90 Å². The minimum atomic E-state index is 0.415. The fourth-order valence-electron chi connectivity index (χ4n) is 4.93. The maximum absolute atomic E-state index is 6.19. The molecule has 0 amide bonds. The van der Waals surface area contributed by atoms with Crippen LogP contribution in [-0.2, 0) is 19.4 Å². The van der Waals surface area contributed by atoms with Crippen molar-refractivity contribution in [3.63, 3.8) is 0 Å². The molecular weight excluding hydrogens is 420 g/mol. The zero-order chi connectivity index (χ0) is 23.3. The van der Waals surface area contributed by atoms with Crippen LogP contribution in [0.25, 0.3) is 11.5 Å². The summed E-state index contributed by atoms with van der Waals surface area (Å²) < 4.78 is 12.1. The summed E-state index contributed by atoms with van der Waals surface area (Å²) in [7, 11) is 0. The molecule has 4 nitrogen and oxygen atoms in total. The molecule has 1 atom stereocenters. The molecule has 0 saturated heterocycles. The van der Waals surface area contributed by atoms with Crippen LogP contribution < -0.4 is 4.74 Å². The first-order chi connectivity index (χ1) is 16.7. The van der Waals surface area contributed by atoms with Gasteiger partial charge in [0.15, 0.2) is 0 Å². The van der Waals surface area contributed by atoms with E-state index in [-0.39, 0.29) is 0 Å². The van der Waals surface area contributed by atoms with Gasteiger partial charge in [-0.25, -0.2) is 4.98 Å². The molecule has 2 heterocycles. The molecule has 1 aliphatic rings. The molecule has 1 aromatic heterocycles. The van der Waals surface area contributed by atoms with Crippen molar-refractivity contribution in [2.45, 2.75) is 45.7 Å². The number of ether oxygens (including phenoxy) is 1. The maximum Gasteiger partial charge on any atom is 0.226 e. The van der Waals surface area contributed by atoms with E-state index in [1.165, 1.54) is 16.7 Å². The Kier molecular flexibility index (Phi) is 6.77. The average Bonchev–Trinajstić information content (AvgIpc) is 3.25. The van der Waals surface area contributed by atoms with E-state index in [1.807, 2.05) is 37.3 Å². The summed E-state index contributed by atoms with van der Waals surface area (Å²) >= 11 is 0. The van der Waals surface area contributed by atoms with Gasteiger partial charge in [0.2, 0.25) is 5.89 Å². The molecule has 0 saturated carbocycles. The molecule has 0 bridgehead atoms. The zero-order valence-electron chi connectivity index (χ0n) is 20.0. The summed E-state index contributed by atoms with van der Waals surface area (Å²) in [5, 5.41) is 0. The second kappa shape index (κ2) is 10.3. The first-order valence-electron chi connectivity index (χ1n) is 12.3. The Morgan fingerprint density at radius 3 is 2.53 bits per heavy atom. The minimum Gasteiger partial charge on any atom is -0.493 e. The van der Waals surface area contributed by atoms with Crippen LogP contribution in [0.3, 0.4) is 0 Å². The molecule has 4 aromatic rings. The van der Waals surface area contributed by atoms with Gasteiger partial charge in [-0.1, -0.05) is 61.5 Å². The quantitative estimate of drug-likeness (QED) is 0.295. The van der Waals surface area contributed by atoms with Crippen LogP contribution >= 0.6 is 0 Å².